The molecule has 0 bridgehead atoms. The molecule has 22 heavy (non-hydrogen) atoms. The van der Waals surface area contributed by atoms with E-state index in [9.17, 15) is 4.79 Å². The van der Waals surface area contributed by atoms with Crippen LogP contribution in [0, 0.1) is 10.8 Å². The molecule has 0 aliphatic carbocycles. The maximum Gasteiger partial charge on any atom is 0.311 e. The number of unbranched alkanes of at least 4 members (excludes halogenated alkanes) is 2. The Balaban J connectivity index is 0. The maximum absolute atomic E-state index is 11.2. The zero-order chi connectivity index (χ0) is 17.6. The normalized spacial score (nSPS) is 11.2. The largest absolute Gasteiger partial charge is 0.469 e. The molecule has 0 rings (SSSR count). The summed E-state index contributed by atoms with van der Waals surface area (Å²) < 4.78 is 4.68. The van der Waals surface area contributed by atoms with Crippen LogP contribution >= 0.6 is 0 Å². The van der Waals surface area contributed by atoms with Gasteiger partial charge in [-0.3, -0.25) is 4.79 Å². The lowest BCUT2D eigenvalue weighted by atomic mass is 9.87. The summed E-state index contributed by atoms with van der Waals surface area (Å²) in [6.07, 6.45) is 9.87. The lowest BCUT2D eigenvalue weighted by Crippen LogP contribution is -2.25. The highest BCUT2D eigenvalue weighted by atomic mass is 16.5. The molecular weight excluding hydrogens is 276 g/mol. The third-order valence-electron chi connectivity index (χ3n) is 3.64. The Hall–Kier alpha value is -1.09. The summed E-state index contributed by atoms with van der Waals surface area (Å²) in [5.41, 5.74) is -0.249. The minimum absolute atomic E-state index is 0.100. The predicted octanol–water partition coefficient (Wildman–Crippen LogP) is 4.90. The lowest BCUT2D eigenvalue weighted by Gasteiger charge is -2.20. The molecule has 3 nitrogen and oxygen atoms in total. The van der Waals surface area contributed by atoms with Gasteiger partial charge in [-0.15, -0.1) is 13.2 Å². The van der Waals surface area contributed by atoms with Gasteiger partial charge in [0.15, 0.2) is 0 Å². The Morgan fingerprint density at radius 3 is 1.86 bits per heavy atom. The molecule has 0 unspecified atom stereocenters. The van der Waals surface area contributed by atoms with Gasteiger partial charge in [-0.1, -0.05) is 26.0 Å². The summed E-state index contributed by atoms with van der Waals surface area (Å²) in [6.45, 7) is 15.5. The van der Waals surface area contributed by atoms with E-state index in [0.29, 0.717) is 0 Å². The van der Waals surface area contributed by atoms with Crippen molar-refractivity contribution >= 4 is 5.97 Å². The number of esters is 1. The van der Waals surface area contributed by atoms with E-state index in [1.165, 1.54) is 7.11 Å². The molecule has 0 fully saturated rings. The Labute approximate surface area is 137 Å². The highest BCUT2D eigenvalue weighted by Crippen LogP contribution is 2.24. The van der Waals surface area contributed by atoms with Crippen LogP contribution in [0.1, 0.15) is 66.2 Å². The van der Waals surface area contributed by atoms with E-state index in [1.807, 2.05) is 26.0 Å². The molecule has 0 aliphatic rings. The number of aliphatic hydroxyl groups is 1. The summed E-state index contributed by atoms with van der Waals surface area (Å²) in [7, 11) is 1.43. The smallest absolute Gasteiger partial charge is 0.311 e. The highest BCUT2D eigenvalue weighted by molar-refractivity contribution is 5.75. The number of allylic oxidation sites excluding steroid dienone is 2. The van der Waals surface area contributed by atoms with Crippen molar-refractivity contribution in [1.82, 2.24) is 0 Å². The second-order valence-corrected chi connectivity index (χ2v) is 7.06. The first kappa shape index (κ1) is 23.2. The molecule has 0 aliphatic heterocycles. The number of rotatable bonds is 10. The van der Waals surface area contributed by atoms with Gasteiger partial charge in [0.05, 0.1) is 12.5 Å². The average Bonchev–Trinajstić information content (AvgIpc) is 2.47. The Morgan fingerprint density at radius 2 is 1.50 bits per heavy atom. The number of hydrogen-bond donors (Lipinski definition) is 1. The Bertz CT molecular complexity index is 317. The third-order valence-corrected chi connectivity index (χ3v) is 3.64. The van der Waals surface area contributed by atoms with Crippen LogP contribution in [0.5, 0.6) is 0 Å². The molecule has 0 amide bonds. The number of carbonyl (C=O) groups is 1. The van der Waals surface area contributed by atoms with Crippen LogP contribution in [0.4, 0.5) is 0 Å². The summed E-state index contributed by atoms with van der Waals surface area (Å²) in [4.78, 5) is 11.2. The highest BCUT2D eigenvalue weighted by Gasteiger charge is 2.27. The van der Waals surface area contributed by atoms with Gasteiger partial charge >= 0.3 is 5.97 Å². The van der Waals surface area contributed by atoms with E-state index in [2.05, 4.69) is 31.7 Å². The number of methoxy groups -OCH3 is 1. The van der Waals surface area contributed by atoms with Crippen LogP contribution in [0.15, 0.2) is 25.3 Å². The fourth-order valence-electron chi connectivity index (χ4n) is 1.87. The predicted molar refractivity (Wildman–Crippen MR) is 94.8 cm³/mol. The first-order valence-electron chi connectivity index (χ1n) is 8.08. The Morgan fingerprint density at radius 1 is 1.05 bits per heavy atom. The van der Waals surface area contributed by atoms with Crippen molar-refractivity contribution in [2.75, 3.05) is 13.7 Å². The van der Waals surface area contributed by atoms with Crippen molar-refractivity contribution in [3.63, 3.8) is 0 Å². The van der Waals surface area contributed by atoms with Crippen LogP contribution in [-0.2, 0) is 9.53 Å². The van der Waals surface area contributed by atoms with Gasteiger partial charge in [-0.2, -0.15) is 0 Å². The van der Waals surface area contributed by atoms with Crippen molar-refractivity contribution in [1.29, 1.82) is 0 Å². The van der Waals surface area contributed by atoms with Gasteiger partial charge in [-0.05, 0) is 57.8 Å². The molecule has 0 heterocycles. The molecule has 0 aromatic rings. The summed E-state index contributed by atoms with van der Waals surface area (Å²) in [6, 6.07) is 0. The van der Waals surface area contributed by atoms with Crippen LogP contribution in [0.25, 0.3) is 0 Å². The summed E-state index contributed by atoms with van der Waals surface area (Å²) in [5, 5.41) is 8.87. The molecular formula is C19H36O3. The summed E-state index contributed by atoms with van der Waals surface area (Å²) >= 11 is 0. The molecule has 130 valence electrons. The van der Waals surface area contributed by atoms with Crippen LogP contribution in [0.2, 0.25) is 0 Å². The van der Waals surface area contributed by atoms with E-state index in [4.69, 9.17) is 5.11 Å². The van der Waals surface area contributed by atoms with Gasteiger partial charge in [0.25, 0.3) is 0 Å². The number of carbonyl (C=O) groups excluding carboxylic acids is 1. The zero-order valence-corrected chi connectivity index (χ0v) is 15.3. The van der Waals surface area contributed by atoms with Gasteiger partial charge in [0.2, 0.25) is 0 Å². The molecule has 0 radical (unpaired) electrons. The van der Waals surface area contributed by atoms with Crippen LogP contribution < -0.4 is 0 Å². The summed E-state index contributed by atoms with van der Waals surface area (Å²) in [5.74, 6) is -0.133. The third kappa shape index (κ3) is 12.6. The zero-order valence-electron chi connectivity index (χ0n) is 15.3. The second-order valence-electron chi connectivity index (χ2n) is 7.06. The first-order valence-corrected chi connectivity index (χ1v) is 8.08. The molecule has 1 N–H and O–H groups in total. The quantitative estimate of drug-likeness (QED) is 0.354. The second kappa shape index (κ2) is 12.5. The van der Waals surface area contributed by atoms with Crippen molar-refractivity contribution in [3.8, 4) is 0 Å². The molecule has 3 heteroatoms. The Kier molecular flexibility index (Phi) is 13.1. The number of hydrogen-bond acceptors (Lipinski definition) is 3. The molecule has 0 saturated heterocycles. The lowest BCUT2D eigenvalue weighted by molar-refractivity contribution is -0.151. The minimum Gasteiger partial charge on any atom is -0.469 e. The van der Waals surface area contributed by atoms with Crippen molar-refractivity contribution < 1.29 is 14.6 Å². The van der Waals surface area contributed by atoms with Crippen LogP contribution in [-0.4, -0.2) is 24.8 Å². The minimum atomic E-state index is -0.349. The monoisotopic (exact) mass is 312 g/mol. The fourth-order valence-corrected chi connectivity index (χ4v) is 1.87. The van der Waals surface area contributed by atoms with Gasteiger partial charge in [0, 0.05) is 6.61 Å². The van der Waals surface area contributed by atoms with Crippen molar-refractivity contribution in [2.45, 2.75) is 66.2 Å². The number of aliphatic hydroxyl groups excluding tert-OH is 1. The SMILES string of the molecule is C=CCCCC(C)(C)C(=O)OC.C=CCCCC(C)(C)CO. The van der Waals surface area contributed by atoms with E-state index in [-0.39, 0.29) is 23.4 Å². The average molecular weight is 312 g/mol. The van der Waals surface area contributed by atoms with Crippen molar-refractivity contribution in [2.24, 2.45) is 10.8 Å². The van der Waals surface area contributed by atoms with E-state index in [0.717, 1.165) is 38.5 Å². The molecule has 0 spiro atoms. The molecule has 0 aromatic carbocycles. The maximum atomic E-state index is 11.2. The molecule has 0 aromatic heterocycles. The van der Waals surface area contributed by atoms with Crippen LogP contribution in [0.3, 0.4) is 0 Å². The molecule has 0 saturated carbocycles. The van der Waals surface area contributed by atoms with Gasteiger partial charge in [0.1, 0.15) is 0 Å². The van der Waals surface area contributed by atoms with Crippen molar-refractivity contribution in [3.05, 3.63) is 25.3 Å². The van der Waals surface area contributed by atoms with E-state index < -0.39 is 0 Å². The van der Waals surface area contributed by atoms with Gasteiger partial charge in [-0.25, -0.2) is 0 Å². The molecule has 0 atom stereocenters. The first-order chi connectivity index (χ1) is 10.2. The number of ether oxygens (including phenoxy) is 1. The standard InChI is InChI=1S/C10H18O2.C9H18O/c1-5-6-7-8-10(2,3)9(11)12-4;1-4-5-6-7-9(2,3)8-10/h5H,1,6-8H2,2-4H3;4,10H,1,5-8H2,2-3H3. The van der Waals surface area contributed by atoms with Gasteiger partial charge < -0.3 is 9.84 Å². The fraction of sp³-hybridized carbons (Fsp3) is 0.737. The topological polar surface area (TPSA) is 46.5 Å². The van der Waals surface area contributed by atoms with E-state index >= 15 is 0 Å². The van der Waals surface area contributed by atoms with E-state index in [1.54, 1.807) is 0 Å².